The van der Waals surface area contributed by atoms with E-state index in [-0.39, 0.29) is 49.7 Å². The molecular formula is C41H47FN5O7. The van der Waals surface area contributed by atoms with Crippen molar-refractivity contribution < 1.29 is 38.6 Å². The molecule has 1 radical (unpaired) electrons. The summed E-state index contributed by atoms with van der Waals surface area (Å²) in [6.07, 6.45) is 3.60. The average Bonchev–Trinajstić information content (AvgIpc) is 3.18. The molecule has 0 unspecified atom stereocenters. The number of nitrogens with zero attached hydrogens (tertiary/aromatic N) is 1. The summed E-state index contributed by atoms with van der Waals surface area (Å²) in [5.74, 6) is -2.41. The molecular weight excluding hydrogens is 693 g/mol. The summed E-state index contributed by atoms with van der Waals surface area (Å²) in [6.45, 7) is -0.467. The highest BCUT2D eigenvalue weighted by Crippen LogP contribution is 2.18. The number of hydrogen-bond acceptors (Lipinski definition) is 8. The summed E-state index contributed by atoms with van der Waals surface area (Å²) in [7, 11) is 1.50. The molecule has 12 nitrogen and oxygen atoms in total. The molecule has 0 bridgehead atoms. The Bertz CT molecular complexity index is 1870. The van der Waals surface area contributed by atoms with Gasteiger partial charge in [0.2, 0.25) is 29.9 Å². The molecule has 4 atom stereocenters. The van der Waals surface area contributed by atoms with Gasteiger partial charge < -0.3 is 36.8 Å². The van der Waals surface area contributed by atoms with Gasteiger partial charge in [-0.2, -0.15) is 0 Å². The number of carbonyl (C=O) groups excluding carboxylic acids is 5. The first kappa shape index (κ1) is 41.1. The van der Waals surface area contributed by atoms with Gasteiger partial charge >= 0.3 is 0 Å². The van der Waals surface area contributed by atoms with E-state index in [1.165, 1.54) is 36.2 Å². The highest BCUT2D eigenvalue weighted by atomic mass is 19.1. The maximum atomic E-state index is 13.5. The number of rotatable bonds is 20. The van der Waals surface area contributed by atoms with Crippen LogP contribution in [0.5, 0.6) is 5.75 Å². The van der Waals surface area contributed by atoms with E-state index in [4.69, 9.17) is 5.73 Å². The van der Waals surface area contributed by atoms with E-state index in [0.29, 0.717) is 24.8 Å². The number of aryl methyl sites for hydroxylation is 1. The van der Waals surface area contributed by atoms with E-state index in [0.717, 1.165) is 21.9 Å². The van der Waals surface area contributed by atoms with Gasteiger partial charge in [-0.25, -0.2) is 4.39 Å². The molecule has 0 aliphatic carbocycles. The SMILES string of the molecule is CN(C(=O)CCc1ccc(F)cc1)[C@@H](Cc1ccc(O)cc1)C(=O)N[C@@H]([C]=O)CCCCNC(=O)[C@H](CO)NC(=O)[C@@H](N)Cc1ccc2ccccc2c1. The lowest BCUT2D eigenvalue weighted by atomic mass is 10.0. The molecule has 4 rings (SSSR count). The van der Waals surface area contributed by atoms with Gasteiger partial charge in [0.15, 0.2) is 0 Å². The molecule has 7 N–H and O–H groups in total. The van der Waals surface area contributed by atoms with Crippen LogP contribution >= 0.6 is 0 Å². The molecule has 0 saturated heterocycles. The number of phenolic OH excluding ortho intramolecular Hbond substituents is 1. The van der Waals surface area contributed by atoms with Gasteiger partial charge in [-0.05, 0) is 83.8 Å². The second kappa shape index (κ2) is 20.5. The minimum atomic E-state index is -1.21. The molecule has 13 heteroatoms. The molecule has 0 spiro atoms. The zero-order chi connectivity index (χ0) is 39.0. The van der Waals surface area contributed by atoms with Gasteiger partial charge in [0.05, 0.1) is 18.7 Å². The van der Waals surface area contributed by atoms with Gasteiger partial charge in [-0.15, -0.1) is 0 Å². The number of unbranched alkanes of at least 4 members (excludes halogenated alkanes) is 1. The normalized spacial score (nSPS) is 13.3. The summed E-state index contributed by atoms with van der Waals surface area (Å²) in [5, 5.41) is 29.4. The Morgan fingerprint density at radius 2 is 1.48 bits per heavy atom. The fraction of sp³-hybridized carbons (Fsp3) is 0.341. The van der Waals surface area contributed by atoms with Gasteiger partial charge in [0.25, 0.3) is 0 Å². The summed E-state index contributed by atoms with van der Waals surface area (Å²) in [5.41, 5.74) is 8.42. The number of halogens is 1. The van der Waals surface area contributed by atoms with Crippen molar-refractivity contribution in [1.29, 1.82) is 0 Å². The van der Waals surface area contributed by atoms with E-state index in [1.807, 2.05) is 48.8 Å². The number of amides is 4. The van der Waals surface area contributed by atoms with Crippen LogP contribution in [0.15, 0.2) is 91.0 Å². The molecule has 4 aromatic rings. The van der Waals surface area contributed by atoms with Crippen molar-refractivity contribution in [3.05, 3.63) is 114 Å². The van der Waals surface area contributed by atoms with Gasteiger partial charge in [0, 0.05) is 26.4 Å². The maximum absolute atomic E-state index is 13.5. The van der Waals surface area contributed by atoms with E-state index < -0.39 is 48.5 Å². The number of aliphatic hydroxyl groups is 1. The van der Waals surface area contributed by atoms with Crippen molar-refractivity contribution in [1.82, 2.24) is 20.9 Å². The zero-order valence-electron chi connectivity index (χ0n) is 30.2. The molecule has 0 fully saturated rings. The first-order valence-corrected chi connectivity index (χ1v) is 17.9. The van der Waals surface area contributed by atoms with Crippen LogP contribution in [-0.4, -0.2) is 89.4 Å². The first-order valence-electron chi connectivity index (χ1n) is 17.9. The van der Waals surface area contributed by atoms with Crippen LogP contribution in [-0.2, 0) is 43.2 Å². The Morgan fingerprint density at radius 1 is 0.815 bits per heavy atom. The van der Waals surface area contributed by atoms with Crippen LogP contribution in [0.4, 0.5) is 4.39 Å². The molecule has 0 heterocycles. The quantitative estimate of drug-likeness (QED) is 0.0746. The van der Waals surface area contributed by atoms with Crippen LogP contribution in [0.3, 0.4) is 0 Å². The minimum absolute atomic E-state index is 0.0453. The van der Waals surface area contributed by atoms with E-state index >= 15 is 0 Å². The third-order valence-corrected chi connectivity index (χ3v) is 9.17. The summed E-state index contributed by atoms with van der Waals surface area (Å²) in [4.78, 5) is 65.4. The van der Waals surface area contributed by atoms with E-state index in [2.05, 4.69) is 16.0 Å². The molecule has 0 aliphatic heterocycles. The molecule has 0 aromatic heterocycles. The fourth-order valence-electron chi connectivity index (χ4n) is 5.94. The predicted octanol–water partition coefficient (Wildman–Crippen LogP) is 2.61. The monoisotopic (exact) mass is 740 g/mol. The van der Waals surface area contributed by atoms with Crippen LogP contribution in [0.1, 0.15) is 42.4 Å². The van der Waals surface area contributed by atoms with Crippen molar-refractivity contribution in [3.8, 4) is 5.75 Å². The molecule has 0 aliphatic rings. The lowest BCUT2D eigenvalue weighted by Crippen LogP contribution is -2.53. The summed E-state index contributed by atoms with van der Waals surface area (Å²) < 4.78 is 13.3. The Labute approximate surface area is 313 Å². The highest BCUT2D eigenvalue weighted by Gasteiger charge is 2.29. The van der Waals surface area contributed by atoms with Crippen molar-refractivity contribution in [2.45, 2.75) is 69.1 Å². The highest BCUT2D eigenvalue weighted by molar-refractivity contribution is 5.91. The minimum Gasteiger partial charge on any atom is -0.508 e. The second-order valence-electron chi connectivity index (χ2n) is 13.2. The fourth-order valence-corrected chi connectivity index (χ4v) is 5.94. The number of carbonyl (C=O) groups is 4. The number of fused-ring (bicyclic) bond motifs is 1. The maximum Gasteiger partial charge on any atom is 0.244 e. The number of aliphatic hydroxyl groups excluding tert-OH is 1. The lowest BCUT2D eigenvalue weighted by molar-refractivity contribution is -0.139. The lowest BCUT2D eigenvalue weighted by Gasteiger charge is -2.28. The third-order valence-electron chi connectivity index (χ3n) is 9.17. The molecule has 4 amide bonds. The number of nitrogens with one attached hydrogen (secondary N) is 3. The number of likely N-dealkylation sites (N-methyl/N-ethyl adjacent to an activating group) is 1. The smallest absolute Gasteiger partial charge is 0.244 e. The number of aromatic hydroxyl groups is 1. The van der Waals surface area contributed by atoms with Crippen LogP contribution in [0.25, 0.3) is 10.8 Å². The van der Waals surface area contributed by atoms with Gasteiger partial charge in [-0.1, -0.05) is 66.7 Å². The van der Waals surface area contributed by atoms with E-state index in [9.17, 15) is 38.6 Å². The van der Waals surface area contributed by atoms with E-state index in [1.54, 1.807) is 24.3 Å². The third kappa shape index (κ3) is 12.5. The van der Waals surface area contributed by atoms with Crippen LogP contribution < -0.4 is 21.7 Å². The van der Waals surface area contributed by atoms with Gasteiger partial charge in [-0.3, -0.25) is 24.0 Å². The van der Waals surface area contributed by atoms with Gasteiger partial charge in [0.1, 0.15) is 23.7 Å². The Hall–Kier alpha value is -5.66. The summed E-state index contributed by atoms with van der Waals surface area (Å²) in [6, 6.07) is 21.5. The van der Waals surface area contributed by atoms with Crippen LogP contribution in [0, 0.1) is 5.82 Å². The Morgan fingerprint density at radius 3 is 2.17 bits per heavy atom. The molecule has 54 heavy (non-hydrogen) atoms. The predicted molar refractivity (Wildman–Crippen MR) is 202 cm³/mol. The number of nitrogens with two attached hydrogens (primary N) is 1. The number of hydrogen-bond donors (Lipinski definition) is 6. The number of benzene rings is 4. The first-order chi connectivity index (χ1) is 26.0. The second-order valence-corrected chi connectivity index (χ2v) is 13.2. The molecule has 0 saturated carbocycles. The molecule has 285 valence electrons. The molecule has 4 aromatic carbocycles. The zero-order valence-corrected chi connectivity index (χ0v) is 30.2. The summed E-state index contributed by atoms with van der Waals surface area (Å²) >= 11 is 0. The Kier molecular flexibility index (Phi) is 15.6. The topological polar surface area (TPSA) is 191 Å². The number of phenols is 1. The standard InChI is InChI=1S/C41H47FN5O7/c1-47(38(51)20-14-27-10-16-32(42)17-11-27)37(24-28-12-18-34(50)19-13-28)41(54)45-33(25-48)8-4-5-21-44-40(53)36(26-49)46-39(52)35(43)23-29-9-15-30-6-2-3-7-31(30)22-29/h2-3,6-7,9-13,15-19,22,33,35-37,49-50H,4-5,8,14,20-21,23-24,26,43H2,1H3,(H,44,53)(H,45,54)(H,46,52)/t33-,35+,36+,37+/m1/s1. The van der Waals surface area contributed by atoms with Crippen molar-refractivity contribution in [2.24, 2.45) is 5.73 Å². The van der Waals surface area contributed by atoms with Crippen LogP contribution in [0.2, 0.25) is 0 Å². The largest absolute Gasteiger partial charge is 0.508 e. The average molecular weight is 741 g/mol. The Balaban J connectivity index is 1.24. The van der Waals surface area contributed by atoms with Crippen molar-refractivity contribution >= 4 is 40.7 Å². The van der Waals surface area contributed by atoms with Crippen molar-refractivity contribution in [3.63, 3.8) is 0 Å². The van der Waals surface area contributed by atoms with Crippen molar-refractivity contribution in [2.75, 3.05) is 20.2 Å².